The lowest BCUT2D eigenvalue weighted by Gasteiger charge is -2.17. The Hall–Kier alpha value is -2.61. The monoisotopic (exact) mass is 360 g/mol. The van der Waals surface area contributed by atoms with Crippen LogP contribution in [0.2, 0.25) is 0 Å². The summed E-state index contributed by atoms with van der Waals surface area (Å²) in [5.74, 6) is 0.333. The number of carbonyl (C=O) groups excluding carboxylic acids is 1. The van der Waals surface area contributed by atoms with E-state index in [4.69, 9.17) is 0 Å². The van der Waals surface area contributed by atoms with E-state index in [1.165, 1.54) is 10.6 Å². The minimum absolute atomic E-state index is 0.255. The third-order valence-corrected chi connectivity index (χ3v) is 5.23. The van der Waals surface area contributed by atoms with Gasteiger partial charge in [-0.3, -0.25) is 9.10 Å². The maximum Gasteiger partial charge on any atom is 0.259 e. The van der Waals surface area contributed by atoms with Crippen LogP contribution in [0.25, 0.3) is 0 Å². The fraction of sp³-hybridized carbons (Fsp3) is 0.294. The van der Waals surface area contributed by atoms with Crippen molar-refractivity contribution >= 4 is 33.1 Å². The largest absolute Gasteiger partial charge is 0.362 e. The molecule has 1 aromatic heterocycles. The van der Waals surface area contributed by atoms with Gasteiger partial charge in [0.25, 0.3) is 5.91 Å². The summed E-state index contributed by atoms with van der Waals surface area (Å²) < 4.78 is 25.0. The van der Waals surface area contributed by atoms with Gasteiger partial charge in [-0.25, -0.2) is 13.4 Å². The van der Waals surface area contributed by atoms with E-state index in [0.717, 1.165) is 5.56 Å². The normalized spacial score (nSPS) is 13.5. The van der Waals surface area contributed by atoms with Crippen LogP contribution < -0.4 is 14.5 Å². The molecule has 1 N–H and O–H groups in total. The van der Waals surface area contributed by atoms with E-state index in [1.54, 1.807) is 35.4 Å². The fourth-order valence-electron chi connectivity index (χ4n) is 2.92. The molecular weight excluding hydrogens is 340 g/mol. The molecule has 0 unspecified atom stereocenters. The van der Waals surface area contributed by atoms with Crippen LogP contribution in [0.3, 0.4) is 0 Å². The lowest BCUT2D eigenvalue weighted by Crippen LogP contribution is -2.27. The maximum absolute atomic E-state index is 12.6. The maximum atomic E-state index is 12.6. The SMILES string of the molecule is CN(C)c1ncccc1C(=O)Nc1ccc2c(c1)CCN2S(C)(=O)=O. The number of carbonyl (C=O) groups is 1. The molecule has 1 amide bonds. The minimum atomic E-state index is -3.28. The second kappa shape index (κ2) is 6.36. The predicted molar refractivity (Wildman–Crippen MR) is 98.9 cm³/mol. The number of aromatic nitrogens is 1. The lowest BCUT2D eigenvalue weighted by atomic mass is 10.1. The van der Waals surface area contributed by atoms with Crippen LogP contribution in [0.15, 0.2) is 36.5 Å². The van der Waals surface area contributed by atoms with Crippen molar-refractivity contribution in [2.75, 3.05) is 41.4 Å². The second-order valence-electron chi connectivity index (χ2n) is 6.15. The molecule has 0 bridgehead atoms. The molecule has 0 atom stereocenters. The number of anilines is 3. The van der Waals surface area contributed by atoms with E-state index in [-0.39, 0.29) is 5.91 Å². The number of sulfonamides is 1. The molecule has 0 saturated carbocycles. The first-order valence-electron chi connectivity index (χ1n) is 7.81. The molecule has 0 saturated heterocycles. The summed E-state index contributed by atoms with van der Waals surface area (Å²) in [5.41, 5.74) is 2.69. The van der Waals surface area contributed by atoms with Gasteiger partial charge in [-0.05, 0) is 42.3 Å². The first kappa shape index (κ1) is 17.2. The molecule has 2 heterocycles. The predicted octanol–water partition coefficient (Wildman–Crippen LogP) is 1.72. The fourth-order valence-corrected chi connectivity index (χ4v) is 3.88. The van der Waals surface area contributed by atoms with E-state index in [9.17, 15) is 13.2 Å². The number of nitrogens with one attached hydrogen (secondary N) is 1. The highest BCUT2D eigenvalue weighted by Gasteiger charge is 2.26. The Balaban J connectivity index is 1.85. The van der Waals surface area contributed by atoms with Gasteiger partial charge in [-0.15, -0.1) is 0 Å². The Bertz CT molecular complexity index is 925. The van der Waals surface area contributed by atoms with Crippen LogP contribution in [-0.4, -0.2) is 46.2 Å². The van der Waals surface area contributed by atoms with Gasteiger partial charge in [0.05, 0.1) is 17.5 Å². The van der Waals surface area contributed by atoms with E-state index < -0.39 is 10.0 Å². The summed E-state index contributed by atoms with van der Waals surface area (Å²) in [6, 6.07) is 8.70. The molecule has 7 nitrogen and oxygen atoms in total. The summed E-state index contributed by atoms with van der Waals surface area (Å²) in [7, 11) is 0.378. The summed E-state index contributed by atoms with van der Waals surface area (Å²) in [6.07, 6.45) is 3.46. The average molecular weight is 360 g/mol. The van der Waals surface area contributed by atoms with Crippen molar-refractivity contribution in [2.24, 2.45) is 0 Å². The summed E-state index contributed by atoms with van der Waals surface area (Å²) in [4.78, 5) is 18.6. The van der Waals surface area contributed by atoms with Crippen molar-refractivity contribution < 1.29 is 13.2 Å². The van der Waals surface area contributed by atoms with Crippen LogP contribution in [-0.2, 0) is 16.4 Å². The Morgan fingerprint density at radius 1 is 1.28 bits per heavy atom. The molecule has 0 radical (unpaired) electrons. The van der Waals surface area contributed by atoms with E-state index in [0.29, 0.717) is 35.7 Å². The van der Waals surface area contributed by atoms with E-state index >= 15 is 0 Å². The van der Waals surface area contributed by atoms with Crippen molar-refractivity contribution in [3.8, 4) is 0 Å². The Labute approximate surface area is 147 Å². The number of pyridine rings is 1. The summed E-state index contributed by atoms with van der Waals surface area (Å²) in [5, 5.41) is 2.86. The zero-order valence-corrected chi connectivity index (χ0v) is 15.2. The highest BCUT2D eigenvalue weighted by Crippen LogP contribution is 2.32. The quantitative estimate of drug-likeness (QED) is 0.898. The average Bonchev–Trinajstić information content (AvgIpc) is 2.98. The van der Waals surface area contributed by atoms with Gasteiger partial charge in [-0.2, -0.15) is 0 Å². The van der Waals surface area contributed by atoms with Crippen LogP contribution in [0.4, 0.5) is 17.2 Å². The zero-order chi connectivity index (χ0) is 18.2. The number of amides is 1. The smallest absolute Gasteiger partial charge is 0.259 e. The highest BCUT2D eigenvalue weighted by atomic mass is 32.2. The van der Waals surface area contributed by atoms with Gasteiger partial charge < -0.3 is 10.2 Å². The molecule has 0 aliphatic carbocycles. The molecule has 132 valence electrons. The molecule has 3 rings (SSSR count). The molecule has 0 fully saturated rings. The zero-order valence-electron chi connectivity index (χ0n) is 14.4. The molecule has 1 aliphatic heterocycles. The molecule has 2 aromatic rings. The number of benzene rings is 1. The Kier molecular flexibility index (Phi) is 4.38. The highest BCUT2D eigenvalue weighted by molar-refractivity contribution is 7.92. The molecule has 0 spiro atoms. The van der Waals surface area contributed by atoms with Crippen LogP contribution in [0.1, 0.15) is 15.9 Å². The van der Waals surface area contributed by atoms with Crippen molar-refractivity contribution in [3.63, 3.8) is 0 Å². The lowest BCUT2D eigenvalue weighted by molar-refractivity contribution is 0.102. The first-order chi connectivity index (χ1) is 11.8. The van der Waals surface area contributed by atoms with Crippen molar-refractivity contribution in [2.45, 2.75) is 6.42 Å². The third kappa shape index (κ3) is 3.43. The van der Waals surface area contributed by atoms with Gasteiger partial charge in [-0.1, -0.05) is 0 Å². The number of nitrogens with zero attached hydrogens (tertiary/aromatic N) is 3. The van der Waals surface area contributed by atoms with Gasteiger partial charge in [0.15, 0.2) is 0 Å². The van der Waals surface area contributed by atoms with E-state index in [1.807, 2.05) is 20.2 Å². The van der Waals surface area contributed by atoms with Gasteiger partial charge in [0, 0.05) is 32.5 Å². The first-order valence-corrected chi connectivity index (χ1v) is 9.66. The molecule has 25 heavy (non-hydrogen) atoms. The van der Waals surface area contributed by atoms with Crippen molar-refractivity contribution in [3.05, 3.63) is 47.7 Å². The molecule has 1 aromatic carbocycles. The standard InChI is InChI=1S/C17H20N4O3S/c1-20(2)16-14(5-4-9-18-16)17(22)19-13-6-7-15-12(11-13)8-10-21(15)25(3,23)24/h4-7,9,11H,8,10H2,1-3H3,(H,19,22). The molecule has 8 heteroatoms. The van der Waals surface area contributed by atoms with Crippen molar-refractivity contribution in [1.29, 1.82) is 0 Å². The minimum Gasteiger partial charge on any atom is -0.362 e. The van der Waals surface area contributed by atoms with Crippen LogP contribution in [0, 0.1) is 0 Å². The Morgan fingerprint density at radius 3 is 2.72 bits per heavy atom. The summed E-state index contributed by atoms with van der Waals surface area (Å²) in [6.45, 7) is 0.430. The molecule has 1 aliphatic rings. The Morgan fingerprint density at radius 2 is 2.04 bits per heavy atom. The van der Waals surface area contributed by atoms with Crippen LogP contribution in [0.5, 0.6) is 0 Å². The number of hydrogen-bond donors (Lipinski definition) is 1. The van der Waals surface area contributed by atoms with Gasteiger partial charge in [0.2, 0.25) is 10.0 Å². The van der Waals surface area contributed by atoms with Crippen molar-refractivity contribution in [1.82, 2.24) is 4.98 Å². The topological polar surface area (TPSA) is 82.6 Å². The number of rotatable bonds is 4. The summed E-state index contributed by atoms with van der Waals surface area (Å²) >= 11 is 0. The van der Waals surface area contributed by atoms with Gasteiger partial charge >= 0.3 is 0 Å². The van der Waals surface area contributed by atoms with Crippen LogP contribution >= 0.6 is 0 Å². The van der Waals surface area contributed by atoms with Gasteiger partial charge in [0.1, 0.15) is 5.82 Å². The van der Waals surface area contributed by atoms with E-state index in [2.05, 4.69) is 10.3 Å². The second-order valence-corrected chi connectivity index (χ2v) is 8.06. The molecular formula is C17H20N4O3S. The number of fused-ring (bicyclic) bond motifs is 1. The third-order valence-electron chi connectivity index (χ3n) is 4.05. The number of hydrogen-bond acceptors (Lipinski definition) is 5.